The molecule has 0 aliphatic carbocycles. The lowest BCUT2D eigenvalue weighted by Crippen LogP contribution is -2.32. The van der Waals surface area contributed by atoms with Crippen LogP contribution in [-0.2, 0) is 22.3 Å². The van der Waals surface area contributed by atoms with E-state index in [1.54, 1.807) is 0 Å². The number of anilines is 1. The van der Waals surface area contributed by atoms with Crippen molar-refractivity contribution in [3.63, 3.8) is 0 Å². The lowest BCUT2D eigenvalue weighted by molar-refractivity contribution is 0.0128. The normalized spacial score (nSPS) is 13.3. The third kappa shape index (κ3) is 7.35. The molecule has 31 heavy (non-hydrogen) atoms. The van der Waals surface area contributed by atoms with Crippen LogP contribution in [0.2, 0.25) is 0 Å². The van der Waals surface area contributed by atoms with Crippen LogP contribution in [0.5, 0.6) is 0 Å². The molecule has 0 saturated heterocycles. The first-order valence-corrected chi connectivity index (χ1v) is 11.0. The van der Waals surface area contributed by atoms with Gasteiger partial charge in [0.15, 0.2) is 9.84 Å². The summed E-state index contributed by atoms with van der Waals surface area (Å²) in [6, 6.07) is 4.16. The second kappa shape index (κ2) is 9.46. The number of pyridine rings is 1. The maximum absolute atomic E-state index is 13.9. The van der Waals surface area contributed by atoms with Crippen molar-refractivity contribution >= 4 is 21.6 Å². The summed E-state index contributed by atoms with van der Waals surface area (Å²) in [4.78, 5) is 16.4. The number of nitrogens with zero attached hydrogens (tertiary/aromatic N) is 1. The summed E-state index contributed by atoms with van der Waals surface area (Å²) in [5, 5.41) is 6.01. The van der Waals surface area contributed by atoms with Crippen LogP contribution in [-0.4, -0.2) is 31.6 Å². The molecule has 1 amide bonds. The summed E-state index contributed by atoms with van der Waals surface area (Å²) in [7, 11) is -3.40. The molecule has 1 aromatic carbocycles. The molecule has 2 aromatic rings. The lowest BCUT2D eigenvalue weighted by atomic mass is 10.1. The molecule has 168 valence electrons. The van der Waals surface area contributed by atoms with E-state index in [2.05, 4.69) is 15.6 Å². The van der Waals surface area contributed by atoms with Crippen molar-refractivity contribution < 1.29 is 30.8 Å². The van der Waals surface area contributed by atoms with Crippen LogP contribution in [0.1, 0.15) is 35.5 Å². The molecule has 11 heteroatoms. The molecule has 2 rings (SSSR count). The van der Waals surface area contributed by atoms with Crippen molar-refractivity contribution in [2.75, 3.05) is 11.6 Å². The number of carbonyl (C=O) groups excluding carboxylic acids is 1. The van der Waals surface area contributed by atoms with E-state index < -0.39 is 45.0 Å². The fraction of sp³-hybridized carbons (Fsp3) is 0.300. The van der Waals surface area contributed by atoms with Crippen LogP contribution in [0.15, 0.2) is 41.8 Å². The summed E-state index contributed by atoms with van der Waals surface area (Å²) >= 11 is 0. The van der Waals surface area contributed by atoms with Gasteiger partial charge in [-0.05, 0) is 37.3 Å². The zero-order chi connectivity index (χ0) is 23.4. The molecule has 0 saturated carbocycles. The molecule has 0 bridgehead atoms. The first kappa shape index (κ1) is 24.3. The topological polar surface area (TPSA) is 88.2 Å². The number of benzene rings is 1. The Morgan fingerprint density at radius 2 is 1.90 bits per heavy atom. The molecule has 0 spiro atoms. The second-order valence-electron chi connectivity index (χ2n) is 6.99. The standard InChI is InChI=1S/C20H21F4N3O3S/c1-12(8-9-31(3,29)30)26-19(28)15-5-7-17(20(2,23)24)27-18(15)25-11-13-10-14(21)4-6-16(13)22/h4-10,12H,11H2,1-3H3,(H,25,27)(H,26,28)/b9-8+/t12-/m0/s1. The van der Waals surface area contributed by atoms with Crippen LogP contribution >= 0.6 is 0 Å². The minimum absolute atomic E-state index is 0.0914. The van der Waals surface area contributed by atoms with E-state index in [4.69, 9.17) is 0 Å². The van der Waals surface area contributed by atoms with Gasteiger partial charge < -0.3 is 10.6 Å². The Bertz CT molecular complexity index is 1100. The molecule has 0 unspecified atom stereocenters. The Labute approximate surface area is 177 Å². The largest absolute Gasteiger partial charge is 0.365 e. The van der Waals surface area contributed by atoms with Crippen LogP contribution in [0.4, 0.5) is 23.4 Å². The SMILES string of the molecule is C[C@@H](/C=C/S(C)(=O)=O)NC(=O)c1ccc(C(C)(F)F)nc1NCc1cc(F)ccc1F. The Hall–Kier alpha value is -2.95. The maximum atomic E-state index is 13.9. The average Bonchev–Trinajstić information content (AvgIpc) is 2.65. The van der Waals surface area contributed by atoms with Gasteiger partial charge in [0.25, 0.3) is 11.8 Å². The quantitative estimate of drug-likeness (QED) is 0.587. The Kier molecular flexibility index (Phi) is 7.42. The van der Waals surface area contributed by atoms with Crippen LogP contribution in [0.25, 0.3) is 0 Å². The van der Waals surface area contributed by atoms with Crippen molar-refractivity contribution in [1.29, 1.82) is 0 Å². The molecule has 1 aromatic heterocycles. The first-order valence-electron chi connectivity index (χ1n) is 9.02. The van der Waals surface area contributed by atoms with Crippen molar-refractivity contribution in [2.24, 2.45) is 0 Å². The van der Waals surface area contributed by atoms with Gasteiger partial charge in [0.05, 0.1) is 5.56 Å². The highest BCUT2D eigenvalue weighted by Crippen LogP contribution is 2.28. The van der Waals surface area contributed by atoms with Gasteiger partial charge in [-0.25, -0.2) is 22.2 Å². The molecule has 1 heterocycles. The number of hydrogen-bond donors (Lipinski definition) is 2. The predicted octanol–water partition coefficient (Wildman–Crippen LogP) is 3.76. The van der Waals surface area contributed by atoms with Gasteiger partial charge in [-0.15, -0.1) is 0 Å². The first-order chi connectivity index (χ1) is 14.3. The van der Waals surface area contributed by atoms with E-state index in [-0.39, 0.29) is 23.5 Å². The highest BCUT2D eigenvalue weighted by Gasteiger charge is 2.28. The van der Waals surface area contributed by atoms with E-state index >= 15 is 0 Å². The van der Waals surface area contributed by atoms with Gasteiger partial charge in [0.1, 0.15) is 23.1 Å². The summed E-state index contributed by atoms with van der Waals surface area (Å²) in [6.07, 6.45) is 2.23. The number of aromatic nitrogens is 1. The van der Waals surface area contributed by atoms with E-state index in [0.717, 1.165) is 42.0 Å². The summed E-state index contributed by atoms with van der Waals surface area (Å²) in [6.45, 7) is 1.82. The Morgan fingerprint density at radius 3 is 2.52 bits per heavy atom. The molecular weight excluding hydrogens is 438 g/mol. The van der Waals surface area contributed by atoms with Gasteiger partial charge >= 0.3 is 0 Å². The van der Waals surface area contributed by atoms with E-state index in [9.17, 15) is 30.8 Å². The van der Waals surface area contributed by atoms with Gasteiger partial charge in [-0.3, -0.25) is 4.79 Å². The van der Waals surface area contributed by atoms with Crippen LogP contribution in [0.3, 0.4) is 0 Å². The third-order valence-electron chi connectivity index (χ3n) is 4.02. The smallest absolute Gasteiger partial charge is 0.287 e. The predicted molar refractivity (Wildman–Crippen MR) is 108 cm³/mol. The monoisotopic (exact) mass is 459 g/mol. The van der Waals surface area contributed by atoms with E-state index in [1.165, 1.54) is 13.0 Å². The van der Waals surface area contributed by atoms with Crippen molar-refractivity contribution in [3.05, 3.63) is 70.3 Å². The summed E-state index contributed by atoms with van der Waals surface area (Å²) < 4.78 is 77.1. The molecule has 0 fully saturated rings. The number of alkyl halides is 2. The number of carbonyl (C=O) groups is 1. The number of sulfone groups is 1. The molecule has 1 atom stereocenters. The van der Waals surface area contributed by atoms with E-state index in [0.29, 0.717) is 6.92 Å². The van der Waals surface area contributed by atoms with Gasteiger partial charge in [0.2, 0.25) is 0 Å². The molecule has 0 radical (unpaired) electrons. The molecular formula is C20H21F4N3O3S. The van der Waals surface area contributed by atoms with Crippen LogP contribution in [0, 0.1) is 11.6 Å². The van der Waals surface area contributed by atoms with Gasteiger partial charge in [-0.2, -0.15) is 8.78 Å². The third-order valence-corrected chi connectivity index (χ3v) is 4.67. The zero-order valence-electron chi connectivity index (χ0n) is 16.9. The highest BCUT2D eigenvalue weighted by molar-refractivity contribution is 7.93. The average molecular weight is 459 g/mol. The number of amides is 1. The van der Waals surface area contributed by atoms with Crippen LogP contribution < -0.4 is 10.6 Å². The fourth-order valence-corrected chi connectivity index (χ4v) is 2.99. The minimum atomic E-state index is -3.40. The number of hydrogen-bond acceptors (Lipinski definition) is 5. The molecule has 0 aliphatic heterocycles. The zero-order valence-corrected chi connectivity index (χ0v) is 17.7. The van der Waals surface area contributed by atoms with Crippen molar-refractivity contribution in [3.8, 4) is 0 Å². The minimum Gasteiger partial charge on any atom is -0.365 e. The Morgan fingerprint density at radius 1 is 1.23 bits per heavy atom. The second-order valence-corrected chi connectivity index (χ2v) is 8.92. The maximum Gasteiger partial charge on any atom is 0.287 e. The molecule has 6 nitrogen and oxygen atoms in total. The molecule has 2 N–H and O–H groups in total. The van der Waals surface area contributed by atoms with Crippen molar-refractivity contribution in [2.45, 2.75) is 32.4 Å². The lowest BCUT2D eigenvalue weighted by Gasteiger charge is -2.17. The summed E-state index contributed by atoms with van der Waals surface area (Å²) in [5.41, 5.74) is -0.855. The van der Waals surface area contributed by atoms with Gasteiger partial charge in [-0.1, -0.05) is 6.08 Å². The van der Waals surface area contributed by atoms with Crippen molar-refractivity contribution in [1.82, 2.24) is 10.3 Å². The number of nitrogens with one attached hydrogen (secondary N) is 2. The molecule has 0 aliphatic rings. The summed E-state index contributed by atoms with van der Waals surface area (Å²) in [5.74, 6) is -5.71. The van der Waals surface area contributed by atoms with E-state index in [1.807, 2.05) is 0 Å². The Balaban J connectivity index is 2.32. The number of halogens is 4. The highest BCUT2D eigenvalue weighted by atomic mass is 32.2. The van der Waals surface area contributed by atoms with Gasteiger partial charge in [0, 0.05) is 36.7 Å². The fourth-order valence-electron chi connectivity index (χ4n) is 2.47. The number of rotatable bonds is 8.